The molecule has 28 heavy (non-hydrogen) atoms. The van der Waals surface area contributed by atoms with Crippen LogP contribution in [-0.4, -0.2) is 48.4 Å². The fraction of sp³-hybridized carbons (Fsp3) is 0.409. The number of hydrogen-bond donors (Lipinski definition) is 1. The monoisotopic (exact) mass is 380 g/mol. The maximum atomic E-state index is 12.9. The molecule has 1 aliphatic rings. The number of benzene rings is 1. The van der Waals surface area contributed by atoms with Crippen LogP contribution in [0.15, 0.2) is 42.5 Å². The Morgan fingerprint density at radius 1 is 1.11 bits per heavy atom. The van der Waals surface area contributed by atoms with Crippen LogP contribution in [0.25, 0.3) is 0 Å². The van der Waals surface area contributed by atoms with Crippen molar-refractivity contribution in [3.8, 4) is 0 Å². The van der Waals surface area contributed by atoms with Crippen molar-refractivity contribution in [1.29, 1.82) is 0 Å². The van der Waals surface area contributed by atoms with Gasteiger partial charge in [-0.25, -0.2) is 4.98 Å². The number of aromatic nitrogens is 1. The van der Waals surface area contributed by atoms with Gasteiger partial charge in [0.05, 0.1) is 0 Å². The van der Waals surface area contributed by atoms with Crippen LogP contribution >= 0.6 is 0 Å². The molecule has 1 unspecified atom stereocenters. The second kappa shape index (κ2) is 8.87. The van der Waals surface area contributed by atoms with Crippen molar-refractivity contribution >= 4 is 23.2 Å². The predicted molar refractivity (Wildman–Crippen MR) is 112 cm³/mol. The lowest BCUT2D eigenvalue weighted by atomic mass is 9.99. The first-order chi connectivity index (χ1) is 13.5. The van der Waals surface area contributed by atoms with Crippen LogP contribution in [0, 0.1) is 0 Å². The van der Waals surface area contributed by atoms with Crippen molar-refractivity contribution in [2.75, 3.05) is 30.9 Å². The fourth-order valence-electron chi connectivity index (χ4n) is 3.56. The van der Waals surface area contributed by atoms with Crippen molar-refractivity contribution in [3.05, 3.63) is 53.9 Å². The van der Waals surface area contributed by atoms with Crippen molar-refractivity contribution in [2.45, 2.75) is 38.6 Å². The highest BCUT2D eigenvalue weighted by atomic mass is 16.2. The Bertz CT molecular complexity index is 833. The first-order valence-electron chi connectivity index (χ1n) is 9.86. The number of nitrogens with zero attached hydrogens (tertiary/aromatic N) is 3. The van der Waals surface area contributed by atoms with E-state index in [4.69, 9.17) is 0 Å². The van der Waals surface area contributed by atoms with Crippen LogP contribution in [0.5, 0.6) is 0 Å². The molecule has 1 fully saturated rings. The highest BCUT2D eigenvalue weighted by Crippen LogP contribution is 2.21. The summed E-state index contributed by atoms with van der Waals surface area (Å²) in [6, 6.07) is 12.9. The highest BCUT2D eigenvalue weighted by molar-refractivity contribution is 6.04. The van der Waals surface area contributed by atoms with E-state index in [1.807, 2.05) is 48.2 Å². The van der Waals surface area contributed by atoms with Crippen molar-refractivity contribution < 1.29 is 9.59 Å². The number of rotatable bonds is 5. The first-order valence-corrected chi connectivity index (χ1v) is 9.86. The summed E-state index contributed by atoms with van der Waals surface area (Å²) < 4.78 is 0. The summed E-state index contributed by atoms with van der Waals surface area (Å²) in [7, 11) is 3.93. The minimum atomic E-state index is -0.321. The summed E-state index contributed by atoms with van der Waals surface area (Å²) >= 11 is 0. The van der Waals surface area contributed by atoms with Gasteiger partial charge in [-0.1, -0.05) is 13.0 Å². The highest BCUT2D eigenvalue weighted by Gasteiger charge is 2.27. The zero-order chi connectivity index (χ0) is 20.1. The first kappa shape index (κ1) is 19.9. The van der Waals surface area contributed by atoms with E-state index in [-0.39, 0.29) is 23.6 Å². The van der Waals surface area contributed by atoms with Crippen LogP contribution in [0.2, 0.25) is 0 Å². The normalized spacial score (nSPS) is 16.5. The summed E-state index contributed by atoms with van der Waals surface area (Å²) in [4.78, 5) is 33.8. The van der Waals surface area contributed by atoms with E-state index in [0.29, 0.717) is 11.4 Å². The standard InChI is InChI=1S/C22H28N4O2/c1-4-17-8-5-6-15-26(17)22(28)20-10-7-9-19(24-20)21(27)23-16-11-13-18(14-12-16)25(2)3/h7,9-14,17H,4-6,8,15H2,1-3H3,(H,23,27). The van der Waals surface area contributed by atoms with Gasteiger partial charge in [0.15, 0.2) is 0 Å². The Morgan fingerprint density at radius 3 is 2.50 bits per heavy atom. The van der Waals surface area contributed by atoms with Gasteiger partial charge in [-0.3, -0.25) is 9.59 Å². The number of anilines is 2. The minimum Gasteiger partial charge on any atom is -0.378 e. The lowest BCUT2D eigenvalue weighted by Crippen LogP contribution is -2.43. The van der Waals surface area contributed by atoms with E-state index in [2.05, 4.69) is 17.2 Å². The van der Waals surface area contributed by atoms with E-state index < -0.39 is 0 Å². The molecule has 1 aromatic heterocycles. The van der Waals surface area contributed by atoms with Crippen LogP contribution in [0.3, 0.4) is 0 Å². The maximum absolute atomic E-state index is 12.9. The van der Waals surface area contributed by atoms with Gasteiger partial charge in [0.2, 0.25) is 0 Å². The molecule has 0 spiro atoms. The number of pyridine rings is 1. The molecule has 1 saturated heterocycles. The van der Waals surface area contributed by atoms with Gasteiger partial charge in [0.25, 0.3) is 11.8 Å². The number of piperidine rings is 1. The average Bonchev–Trinajstić information content (AvgIpc) is 2.73. The quantitative estimate of drug-likeness (QED) is 0.857. The van der Waals surface area contributed by atoms with Gasteiger partial charge in [-0.15, -0.1) is 0 Å². The molecule has 0 bridgehead atoms. The molecular formula is C22H28N4O2. The van der Waals surface area contributed by atoms with Crippen LogP contribution in [0.1, 0.15) is 53.6 Å². The van der Waals surface area contributed by atoms with Crippen molar-refractivity contribution in [3.63, 3.8) is 0 Å². The molecule has 0 saturated carbocycles. The largest absolute Gasteiger partial charge is 0.378 e. The van der Waals surface area contributed by atoms with Gasteiger partial charge < -0.3 is 15.1 Å². The SMILES string of the molecule is CCC1CCCCN1C(=O)c1cccc(C(=O)Nc2ccc(N(C)C)cc2)n1. The molecule has 2 amide bonds. The minimum absolute atomic E-state index is 0.0865. The molecular weight excluding hydrogens is 352 g/mol. The van der Waals surface area contributed by atoms with Gasteiger partial charge in [-0.2, -0.15) is 0 Å². The Kier molecular flexibility index (Phi) is 6.29. The molecule has 1 aliphatic heterocycles. The number of carbonyl (C=O) groups is 2. The van der Waals surface area contributed by atoms with Crippen LogP contribution < -0.4 is 10.2 Å². The fourth-order valence-corrected chi connectivity index (χ4v) is 3.56. The van der Waals surface area contributed by atoms with Crippen LogP contribution in [0.4, 0.5) is 11.4 Å². The van der Waals surface area contributed by atoms with E-state index in [9.17, 15) is 9.59 Å². The second-order valence-electron chi connectivity index (χ2n) is 7.36. The van der Waals surface area contributed by atoms with Gasteiger partial charge in [0.1, 0.15) is 11.4 Å². The van der Waals surface area contributed by atoms with Gasteiger partial charge in [-0.05, 0) is 62.1 Å². The third-order valence-electron chi connectivity index (χ3n) is 5.20. The van der Waals surface area contributed by atoms with Crippen LogP contribution in [-0.2, 0) is 0 Å². The molecule has 3 rings (SSSR count). The molecule has 6 heteroatoms. The summed E-state index contributed by atoms with van der Waals surface area (Å²) in [5.41, 5.74) is 2.32. The van der Waals surface area contributed by atoms with E-state index in [1.165, 1.54) is 0 Å². The summed E-state index contributed by atoms with van der Waals surface area (Å²) in [5.74, 6) is -0.408. The van der Waals surface area contributed by atoms with E-state index in [1.54, 1.807) is 18.2 Å². The summed E-state index contributed by atoms with van der Waals surface area (Å²) in [5, 5.41) is 2.85. The van der Waals surface area contributed by atoms with Gasteiger partial charge >= 0.3 is 0 Å². The number of likely N-dealkylation sites (tertiary alicyclic amines) is 1. The zero-order valence-corrected chi connectivity index (χ0v) is 16.8. The zero-order valence-electron chi connectivity index (χ0n) is 16.8. The molecule has 1 N–H and O–H groups in total. The predicted octanol–water partition coefficient (Wildman–Crippen LogP) is 3.80. The molecule has 1 atom stereocenters. The number of carbonyl (C=O) groups excluding carboxylic acids is 2. The molecule has 0 aliphatic carbocycles. The number of hydrogen-bond acceptors (Lipinski definition) is 4. The lowest BCUT2D eigenvalue weighted by Gasteiger charge is -2.35. The second-order valence-corrected chi connectivity index (χ2v) is 7.36. The Morgan fingerprint density at radius 2 is 1.82 bits per heavy atom. The Labute approximate surface area is 166 Å². The average molecular weight is 380 g/mol. The molecule has 6 nitrogen and oxygen atoms in total. The molecule has 148 valence electrons. The Hall–Kier alpha value is -2.89. The van der Waals surface area contributed by atoms with Crippen molar-refractivity contribution in [2.24, 2.45) is 0 Å². The third kappa shape index (κ3) is 4.50. The summed E-state index contributed by atoms with van der Waals surface area (Å²) in [6.07, 6.45) is 4.15. The smallest absolute Gasteiger partial charge is 0.274 e. The third-order valence-corrected chi connectivity index (χ3v) is 5.20. The Balaban J connectivity index is 1.73. The summed E-state index contributed by atoms with van der Waals surface area (Å²) in [6.45, 7) is 2.86. The topological polar surface area (TPSA) is 65.5 Å². The maximum Gasteiger partial charge on any atom is 0.274 e. The van der Waals surface area contributed by atoms with E-state index >= 15 is 0 Å². The van der Waals surface area contributed by atoms with Gasteiger partial charge in [0, 0.05) is 38.1 Å². The molecule has 2 heterocycles. The number of amides is 2. The number of nitrogens with one attached hydrogen (secondary N) is 1. The van der Waals surface area contributed by atoms with Crippen molar-refractivity contribution in [1.82, 2.24) is 9.88 Å². The molecule has 1 aromatic carbocycles. The molecule has 0 radical (unpaired) electrons. The lowest BCUT2D eigenvalue weighted by molar-refractivity contribution is 0.0602. The molecule has 2 aromatic rings. The van der Waals surface area contributed by atoms with E-state index in [0.717, 1.165) is 37.9 Å².